The van der Waals surface area contributed by atoms with Crippen LogP contribution in [0.25, 0.3) is 21.8 Å². The molecule has 10 heteroatoms. The van der Waals surface area contributed by atoms with Crippen molar-refractivity contribution in [3.05, 3.63) is 56.7 Å². The predicted octanol–water partition coefficient (Wildman–Crippen LogP) is 4.58. The first-order chi connectivity index (χ1) is 20.4. The Bertz CT molecular complexity index is 1730. The standard InChI is InChI=1S/C32H40N6O4/c1-5-41-27-19-23-25(20-28(27)42-6-2)33-31(37-14-8-7-9-15-37)34-29(23)36-16-12-22(13-17-36)38-30(39)24-18-21(3)10-11-26(24)35(4)32(38)40/h10-11,18-20,22H,5-9,12-17H2,1-4H3. The monoisotopic (exact) mass is 572 g/mol. The third kappa shape index (κ3) is 5.07. The van der Waals surface area contributed by atoms with Crippen molar-refractivity contribution < 1.29 is 9.47 Å². The molecule has 0 N–H and O–H groups in total. The first-order valence-corrected chi connectivity index (χ1v) is 15.2. The van der Waals surface area contributed by atoms with Crippen molar-refractivity contribution in [1.29, 1.82) is 0 Å². The van der Waals surface area contributed by atoms with Gasteiger partial charge in [-0.1, -0.05) is 11.6 Å². The number of benzene rings is 2. The number of ether oxygens (including phenoxy) is 2. The SMILES string of the molecule is CCOc1cc2nc(N3CCCCC3)nc(N3CCC(n4c(=O)c5cc(C)ccc5n(C)c4=O)CC3)c2cc1OCC. The second-order valence-corrected chi connectivity index (χ2v) is 11.3. The summed E-state index contributed by atoms with van der Waals surface area (Å²) in [4.78, 5) is 41.6. The highest BCUT2D eigenvalue weighted by molar-refractivity contribution is 5.93. The van der Waals surface area contributed by atoms with E-state index in [0.29, 0.717) is 61.5 Å². The Morgan fingerprint density at radius 2 is 1.52 bits per heavy atom. The molecule has 0 radical (unpaired) electrons. The number of hydrogen-bond acceptors (Lipinski definition) is 8. The molecular weight excluding hydrogens is 532 g/mol. The van der Waals surface area contributed by atoms with Crippen molar-refractivity contribution in [3.8, 4) is 11.5 Å². The molecule has 0 aliphatic carbocycles. The number of anilines is 2. The highest BCUT2D eigenvalue weighted by Gasteiger charge is 2.28. The van der Waals surface area contributed by atoms with Gasteiger partial charge in [-0.05, 0) is 71.1 Å². The van der Waals surface area contributed by atoms with Crippen LogP contribution < -0.4 is 30.5 Å². The van der Waals surface area contributed by atoms with Gasteiger partial charge in [-0.25, -0.2) is 9.78 Å². The zero-order valence-electron chi connectivity index (χ0n) is 25.1. The quantitative estimate of drug-likeness (QED) is 0.318. The van der Waals surface area contributed by atoms with Gasteiger partial charge < -0.3 is 19.3 Å². The highest BCUT2D eigenvalue weighted by Crippen LogP contribution is 2.38. The number of hydrogen-bond donors (Lipinski definition) is 0. The first-order valence-electron chi connectivity index (χ1n) is 15.2. The van der Waals surface area contributed by atoms with E-state index in [2.05, 4.69) is 9.80 Å². The van der Waals surface area contributed by atoms with E-state index in [1.54, 1.807) is 11.6 Å². The van der Waals surface area contributed by atoms with E-state index in [1.807, 2.05) is 51.1 Å². The summed E-state index contributed by atoms with van der Waals surface area (Å²) < 4.78 is 14.9. The lowest BCUT2D eigenvalue weighted by Crippen LogP contribution is -2.45. The molecule has 2 aliphatic rings. The molecule has 2 fully saturated rings. The van der Waals surface area contributed by atoms with Crippen LogP contribution in [0.4, 0.5) is 11.8 Å². The van der Waals surface area contributed by atoms with Gasteiger partial charge in [0.05, 0.1) is 29.6 Å². The van der Waals surface area contributed by atoms with Crippen LogP contribution >= 0.6 is 0 Å². The third-order valence-corrected chi connectivity index (χ3v) is 8.55. The van der Waals surface area contributed by atoms with Crippen LogP contribution in [-0.4, -0.2) is 58.5 Å². The second-order valence-electron chi connectivity index (χ2n) is 11.3. The Labute approximate surface area is 245 Å². The van der Waals surface area contributed by atoms with Crippen molar-refractivity contribution in [2.24, 2.45) is 7.05 Å². The lowest BCUT2D eigenvalue weighted by Gasteiger charge is -2.35. The van der Waals surface area contributed by atoms with Gasteiger partial charge in [-0.3, -0.25) is 13.9 Å². The number of rotatable bonds is 7. The predicted molar refractivity (Wildman–Crippen MR) is 167 cm³/mol. The van der Waals surface area contributed by atoms with Crippen molar-refractivity contribution in [3.63, 3.8) is 0 Å². The van der Waals surface area contributed by atoms with Crippen LogP contribution in [0.1, 0.15) is 57.6 Å². The Morgan fingerprint density at radius 1 is 0.833 bits per heavy atom. The van der Waals surface area contributed by atoms with Gasteiger partial charge >= 0.3 is 5.69 Å². The molecule has 0 atom stereocenters. The van der Waals surface area contributed by atoms with E-state index >= 15 is 0 Å². The molecule has 10 nitrogen and oxygen atoms in total. The minimum atomic E-state index is -0.264. The van der Waals surface area contributed by atoms with E-state index in [0.717, 1.165) is 54.2 Å². The zero-order valence-corrected chi connectivity index (χ0v) is 25.1. The average molecular weight is 573 g/mol. The number of aromatic nitrogens is 4. The van der Waals surface area contributed by atoms with Crippen molar-refractivity contribution in [2.45, 2.75) is 58.9 Å². The van der Waals surface area contributed by atoms with Crippen LogP contribution in [-0.2, 0) is 7.05 Å². The lowest BCUT2D eigenvalue weighted by molar-refractivity contribution is 0.288. The van der Waals surface area contributed by atoms with E-state index < -0.39 is 0 Å². The summed E-state index contributed by atoms with van der Waals surface area (Å²) in [7, 11) is 1.74. The van der Waals surface area contributed by atoms with Gasteiger partial charge in [0.15, 0.2) is 11.5 Å². The maximum Gasteiger partial charge on any atom is 0.331 e. The molecule has 0 spiro atoms. The third-order valence-electron chi connectivity index (χ3n) is 8.55. The molecule has 2 aliphatic heterocycles. The summed E-state index contributed by atoms with van der Waals surface area (Å²) in [5, 5.41) is 1.50. The summed E-state index contributed by atoms with van der Waals surface area (Å²) in [6, 6.07) is 9.45. The number of fused-ring (bicyclic) bond motifs is 2. The first kappa shape index (κ1) is 28.1. The molecule has 2 aromatic carbocycles. The van der Waals surface area contributed by atoms with Crippen LogP contribution in [0.15, 0.2) is 39.9 Å². The molecule has 222 valence electrons. The topological polar surface area (TPSA) is 94.7 Å². The minimum Gasteiger partial charge on any atom is -0.490 e. The molecule has 0 bridgehead atoms. The van der Waals surface area contributed by atoms with Crippen molar-refractivity contribution >= 4 is 33.6 Å². The second kappa shape index (κ2) is 11.7. The minimum absolute atomic E-state index is 0.185. The van der Waals surface area contributed by atoms with Crippen molar-refractivity contribution in [1.82, 2.24) is 19.1 Å². The van der Waals surface area contributed by atoms with E-state index in [9.17, 15) is 9.59 Å². The normalized spacial score (nSPS) is 16.4. The van der Waals surface area contributed by atoms with Gasteiger partial charge in [-0.2, -0.15) is 4.98 Å². The molecule has 0 unspecified atom stereocenters. The molecular formula is C32H40N6O4. The van der Waals surface area contributed by atoms with Crippen LogP contribution in [0.5, 0.6) is 11.5 Å². The number of aryl methyl sites for hydroxylation is 2. The molecule has 2 aromatic heterocycles. The summed E-state index contributed by atoms with van der Waals surface area (Å²) in [5.41, 5.74) is 2.01. The van der Waals surface area contributed by atoms with E-state index in [4.69, 9.17) is 19.4 Å². The molecule has 0 amide bonds. The number of piperidine rings is 2. The van der Waals surface area contributed by atoms with Crippen molar-refractivity contribution in [2.75, 3.05) is 49.2 Å². The summed E-state index contributed by atoms with van der Waals surface area (Å²) in [5.74, 6) is 2.96. The maximum atomic E-state index is 13.6. The van der Waals surface area contributed by atoms with Gasteiger partial charge in [-0.15, -0.1) is 0 Å². The van der Waals surface area contributed by atoms with Gasteiger partial charge in [0, 0.05) is 50.7 Å². The van der Waals surface area contributed by atoms with Crippen LogP contribution in [0, 0.1) is 6.92 Å². The average Bonchev–Trinajstić information content (AvgIpc) is 3.01. The fourth-order valence-corrected chi connectivity index (χ4v) is 6.37. The summed E-state index contributed by atoms with van der Waals surface area (Å²) >= 11 is 0. The zero-order chi connectivity index (χ0) is 29.4. The van der Waals surface area contributed by atoms with E-state index in [1.165, 1.54) is 11.0 Å². The fraction of sp³-hybridized carbons (Fsp3) is 0.500. The molecule has 42 heavy (non-hydrogen) atoms. The molecule has 4 aromatic rings. The fourth-order valence-electron chi connectivity index (χ4n) is 6.37. The summed E-state index contributed by atoms with van der Waals surface area (Å²) in [6.45, 7) is 10.1. The largest absolute Gasteiger partial charge is 0.490 e. The molecule has 2 saturated heterocycles. The molecule has 4 heterocycles. The smallest absolute Gasteiger partial charge is 0.331 e. The molecule has 0 saturated carbocycles. The Hall–Kier alpha value is -4.08. The lowest BCUT2D eigenvalue weighted by atomic mass is 10.0. The van der Waals surface area contributed by atoms with Gasteiger partial charge in [0.1, 0.15) is 5.82 Å². The Balaban J connectivity index is 1.38. The Morgan fingerprint density at radius 3 is 2.21 bits per heavy atom. The van der Waals surface area contributed by atoms with Crippen LogP contribution in [0.3, 0.4) is 0 Å². The summed E-state index contributed by atoms with van der Waals surface area (Å²) in [6.07, 6.45) is 4.80. The maximum absolute atomic E-state index is 13.6. The Kier molecular flexibility index (Phi) is 7.79. The van der Waals surface area contributed by atoms with Gasteiger partial charge in [0.2, 0.25) is 5.95 Å². The molecule has 6 rings (SSSR count). The highest BCUT2D eigenvalue weighted by atomic mass is 16.5. The van der Waals surface area contributed by atoms with Crippen LogP contribution in [0.2, 0.25) is 0 Å². The van der Waals surface area contributed by atoms with Gasteiger partial charge in [0.25, 0.3) is 5.56 Å². The number of nitrogens with zero attached hydrogens (tertiary/aromatic N) is 6. The van der Waals surface area contributed by atoms with E-state index in [-0.39, 0.29) is 17.3 Å².